The zero-order chi connectivity index (χ0) is 11.5. The summed E-state index contributed by atoms with van der Waals surface area (Å²) in [5.41, 5.74) is 0.304. The molecule has 1 aromatic carbocycles. The van der Waals surface area contributed by atoms with E-state index in [0.717, 1.165) is 0 Å². The lowest BCUT2D eigenvalue weighted by Crippen LogP contribution is -2.18. The number of rotatable bonds is 2. The first-order valence-electron chi connectivity index (χ1n) is 4.94. The van der Waals surface area contributed by atoms with Crippen LogP contribution in [0.2, 0.25) is 0 Å². The minimum Gasteiger partial charge on any atom is -0.456 e. The average Bonchev–Trinajstić information content (AvgIpc) is 2.74. The van der Waals surface area contributed by atoms with Crippen molar-refractivity contribution in [1.82, 2.24) is 0 Å². The normalized spacial score (nSPS) is 19.8. The summed E-state index contributed by atoms with van der Waals surface area (Å²) >= 11 is 3.90. The summed E-state index contributed by atoms with van der Waals surface area (Å²) in [6.45, 7) is 1.04. The Balaban J connectivity index is 2.05. The van der Waals surface area contributed by atoms with Gasteiger partial charge in [-0.25, -0.2) is 9.18 Å². The van der Waals surface area contributed by atoms with E-state index in [1.54, 1.807) is 0 Å². The maximum absolute atomic E-state index is 12.9. The van der Waals surface area contributed by atoms with E-state index in [1.807, 2.05) is 0 Å². The predicted molar refractivity (Wildman–Crippen MR) is 58.3 cm³/mol. The van der Waals surface area contributed by atoms with Crippen LogP contribution < -0.4 is 0 Å². The van der Waals surface area contributed by atoms with Crippen molar-refractivity contribution in [3.05, 3.63) is 29.6 Å². The van der Waals surface area contributed by atoms with Gasteiger partial charge in [-0.3, -0.25) is 0 Å². The van der Waals surface area contributed by atoms with Crippen molar-refractivity contribution < 1.29 is 18.7 Å². The van der Waals surface area contributed by atoms with Gasteiger partial charge in [-0.1, -0.05) is 0 Å². The fourth-order valence-electron chi connectivity index (χ4n) is 1.46. The minimum absolute atomic E-state index is 0.136. The molecule has 86 valence electrons. The second kappa shape index (κ2) is 4.84. The Morgan fingerprint density at radius 2 is 2.38 bits per heavy atom. The third kappa shape index (κ3) is 2.54. The Hall–Kier alpha value is -1.07. The van der Waals surface area contributed by atoms with Gasteiger partial charge < -0.3 is 9.47 Å². The molecule has 0 spiro atoms. The van der Waals surface area contributed by atoms with Gasteiger partial charge in [0.1, 0.15) is 11.9 Å². The van der Waals surface area contributed by atoms with Gasteiger partial charge in [0.05, 0.1) is 18.8 Å². The number of hydrogen-bond donors (Lipinski definition) is 1. The van der Waals surface area contributed by atoms with Crippen LogP contribution >= 0.6 is 12.6 Å². The summed E-state index contributed by atoms with van der Waals surface area (Å²) in [5.74, 6) is -0.921. The smallest absolute Gasteiger partial charge is 0.338 e. The lowest BCUT2D eigenvalue weighted by Gasteiger charge is -2.10. The number of carbonyl (C=O) groups is 1. The van der Waals surface area contributed by atoms with Crippen LogP contribution in [0.1, 0.15) is 16.8 Å². The number of carbonyl (C=O) groups excluding carboxylic acids is 1. The molecule has 0 amide bonds. The van der Waals surface area contributed by atoms with Gasteiger partial charge in [-0.15, -0.1) is 12.6 Å². The van der Waals surface area contributed by atoms with Crippen LogP contribution in [-0.2, 0) is 9.47 Å². The van der Waals surface area contributed by atoms with Crippen LogP contribution in [0.25, 0.3) is 0 Å². The van der Waals surface area contributed by atoms with E-state index in [1.165, 1.54) is 18.2 Å². The van der Waals surface area contributed by atoms with Crippen molar-refractivity contribution in [2.24, 2.45) is 0 Å². The number of ether oxygens (including phenoxy) is 2. The first-order chi connectivity index (χ1) is 7.66. The molecule has 1 aliphatic rings. The molecule has 1 heterocycles. The second-order valence-electron chi connectivity index (χ2n) is 3.56. The molecular formula is C11H11FO3S. The summed E-state index contributed by atoms with van der Waals surface area (Å²) in [6.07, 6.45) is 0.515. The van der Waals surface area contributed by atoms with Gasteiger partial charge in [0, 0.05) is 11.3 Å². The van der Waals surface area contributed by atoms with Crippen LogP contribution in [0.3, 0.4) is 0 Å². The molecule has 1 aromatic rings. The first-order valence-corrected chi connectivity index (χ1v) is 5.39. The number of halogens is 1. The molecule has 1 saturated heterocycles. The topological polar surface area (TPSA) is 35.5 Å². The number of thiol groups is 1. The Bertz CT molecular complexity index is 402. The molecule has 0 aliphatic carbocycles. The van der Waals surface area contributed by atoms with Gasteiger partial charge in [-0.05, 0) is 18.2 Å². The lowest BCUT2D eigenvalue weighted by atomic mass is 10.2. The summed E-state index contributed by atoms with van der Waals surface area (Å²) in [7, 11) is 0. The van der Waals surface area contributed by atoms with Gasteiger partial charge in [-0.2, -0.15) is 0 Å². The molecule has 3 nitrogen and oxygen atoms in total. The van der Waals surface area contributed by atoms with E-state index in [2.05, 4.69) is 12.6 Å². The Labute approximate surface area is 98.0 Å². The molecule has 0 N–H and O–H groups in total. The average molecular weight is 242 g/mol. The lowest BCUT2D eigenvalue weighted by molar-refractivity contribution is 0.0270. The van der Waals surface area contributed by atoms with Crippen molar-refractivity contribution in [3.63, 3.8) is 0 Å². The summed E-state index contributed by atoms with van der Waals surface area (Å²) in [6, 6.07) is 3.94. The fraction of sp³-hybridized carbons (Fsp3) is 0.364. The third-order valence-electron chi connectivity index (χ3n) is 2.34. The van der Waals surface area contributed by atoms with Crippen LogP contribution in [0, 0.1) is 5.82 Å². The summed E-state index contributed by atoms with van der Waals surface area (Å²) < 4.78 is 23.2. The molecular weight excluding hydrogens is 231 g/mol. The maximum Gasteiger partial charge on any atom is 0.338 e. The molecule has 5 heteroatoms. The largest absolute Gasteiger partial charge is 0.456 e. The molecule has 1 unspecified atom stereocenters. The van der Waals surface area contributed by atoms with Crippen LogP contribution in [0.4, 0.5) is 4.39 Å². The monoisotopic (exact) mass is 242 g/mol. The molecule has 0 aromatic heterocycles. The van der Waals surface area contributed by atoms with Crippen LogP contribution in [0.15, 0.2) is 23.1 Å². The molecule has 1 aliphatic heterocycles. The van der Waals surface area contributed by atoms with E-state index < -0.39 is 11.8 Å². The SMILES string of the molecule is O=C(OC1CCOC1)c1ccc(F)c(S)c1. The van der Waals surface area contributed by atoms with Crippen molar-refractivity contribution in [3.8, 4) is 0 Å². The van der Waals surface area contributed by atoms with Crippen molar-refractivity contribution in [2.45, 2.75) is 17.4 Å². The van der Waals surface area contributed by atoms with Crippen LogP contribution in [-0.4, -0.2) is 25.3 Å². The van der Waals surface area contributed by atoms with E-state index >= 15 is 0 Å². The molecule has 1 fully saturated rings. The first kappa shape index (κ1) is 11.4. The molecule has 2 rings (SSSR count). The van der Waals surface area contributed by atoms with Crippen LogP contribution in [0.5, 0.6) is 0 Å². The minimum atomic E-state index is -0.467. The fourth-order valence-corrected chi connectivity index (χ4v) is 1.68. The molecule has 16 heavy (non-hydrogen) atoms. The Morgan fingerprint density at radius 1 is 1.56 bits per heavy atom. The predicted octanol–water partition coefficient (Wildman–Crippen LogP) is 2.06. The number of esters is 1. The zero-order valence-electron chi connectivity index (χ0n) is 8.48. The second-order valence-corrected chi connectivity index (χ2v) is 4.04. The highest BCUT2D eigenvalue weighted by molar-refractivity contribution is 7.80. The Kier molecular flexibility index (Phi) is 3.46. The van der Waals surface area contributed by atoms with E-state index in [4.69, 9.17) is 9.47 Å². The van der Waals surface area contributed by atoms with Gasteiger partial charge in [0.15, 0.2) is 0 Å². The van der Waals surface area contributed by atoms with Gasteiger partial charge >= 0.3 is 5.97 Å². The summed E-state index contributed by atoms with van der Waals surface area (Å²) in [5, 5.41) is 0. The van der Waals surface area contributed by atoms with Gasteiger partial charge in [0.25, 0.3) is 0 Å². The molecule has 0 bridgehead atoms. The standard InChI is InChI=1S/C11H11FO3S/c12-9-2-1-7(5-10(9)16)11(13)15-8-3-4-14-6-8/h1-2,5,8,16H,3-4,6H2. The highest BCUT2D eigenvalue weighted by Crippen LogP contribution is 2.17. The highest BCUT2D eigenvalue weighted by atomic mass is 32.1. The molecule has 0 saturated carbocycles. The Morgan fingerprint density at radius 3 is 3.00 bits per heavy atom. The van der Waals surface area contributed by atoms with Crippen molar-refractivity contribution >= 4 is 18.6 Å². The van der Waals surface area contributed by atoms with Gasteiger partial charge in [0.2, 0.25) is 0 Å². The van der Waals surface area contributed by atoms with Crippen molar-refractivity contribution in [2.75, 3.05) is 13.2 Å². The number of benzene rings is 1. The molecule has 0 radical (unpaired) electrons. The third-order valence-corrected chi connectivity index (χ3v) is 2.69. The van der Waals surface area contributed by atoms with Crippen molar-refractivity contribution in [1.29, 1.82) is 0 Å². The van der Waals surface area contributed by atoms with E-state index in [0.29, 0.717) is 25.2 Å². The van der Waals surface area contributed by atoms with E-state index in [9.17, 15) is 9.18 Å². The quantitative estimate of drug-likeness (QED) is 0.637. The number of hydrogen-bond acceptors (Lipinski definition) is 4. The molecule has 1 atom stereocenters. The zero-order valence-corrected chi connectivity index (χ0v) is 9.38. The summed E-state index contributed by atoms with van der Waals surface area (Å²) in [4.78, 5) is 11.8. The maximum atomic E-state index is 12.9. The van der Waals surface area contributed by atoms with E-state index in [-0.39, 0.29) is 11.0 Å². The highest BCUT2D eigenvalue weighted by Gasteiger charge is 2.21.